The van der Waals surface area contributed by atoms with Crippen LogP contribution in [0.25, 0.3) is 0 Å². The molecule has 1 aliphatic rings. The van der Waals surface area contributed by atoms with Gasteiger partial charge in [0, 0.05) is 23.7 Å². The largest absolute Gasteiger partial charge is 0.493 e. The number of aliphatic hydroxyl groups excluding tert-OH is 1. The average molecular weight is 361 g/mol. The summed E-state index contributed by atoms with van der Waals surface area (Å²) in [5.74, 6) is -0.808. The van der Waals surface area contributed by atoms with Crippen molar-refractivity contribution in [1.82, 2.24) is 5.32 Å². The quantitative estimate of drug-likeness (QED) is 0.728. The van der Waals surface area contributed by atoms with Crippen LogP contribution < -0.4 is 15.4 Å². The van der Waals surface area contributed by atoms with Crippen molar-refractivity contribution in [1.29, 1.82) is 0 Å². The molecule has 7 heteroatoms. The van der Waals surface area contributed by atoms with Crippen molar-refractivity contribution in [3.05, 3.63) is 58.6 Å². The number of hydrogen-bond donors (Lipinski definition) is 3. The number of carbonyl (C=O) groups excluding carboxylic acids is 2. The van der Waals surface area contributed by atoms with Gasteiger partial charge in [0.25, 0.3) is 0 Å². The Morgan fingerprint density at radius 1 is 1.16 bits per heavy atom. The molecular weight excluding hydrogens is 344 g/mol. The minimum Gasteiger partial charge on any atom is -0.493 e. The standard InChI is InChI=1S/C18H17ClN2O4/c19-13-2-4-14(5-3-13)21-18(24)17(23)20-10-15(22)11-1-6-16-12(9-11)7-8-25-16/h1-6,9,15,22H,7-8,10H2,(H,20,23)(H,21,24). The molecule has 0 saturated heterocycles. The van der Waals surface area contributed by atoms with Crippen molar-refractivity contribution < 1.29 is 19.4 Å². The summed E-state index contributed by atoms with van der Waals surface area (Å²) in [6.07, 6.45) is -0.107. The van der Waals surface area contributed by atoms with Gasteiger partial charge in [0.05, 0.1) is 12.7 Å². The van der Waals surface area contributed by atoms with Crippen molar-refractivity contribution in [3.8, 4) is 5.75 Å². The Morgan fingerprint density at radius 3 is 2.68 bits per heavy atom. The Morgan fingerprint density at radius 2 is 1.92 bits per heavy atom. The second-order valence-electron chi connectivity index (χ2n) is 5.65. The first kappa shape index (κ1) is 17.3. The number of ether oxygens (including phenoxy) is 1. The molecule has 1 atom stereocenters. The highest BCUT2D eigenvalue weighted by Crippen LogP contribution is 2.28. The van der Waals surface area contributed by atoms with E-state index in [-0.39, 0.29) is 6.54 Å². The molecular formula is C18H17ClN2O4. The third-order valence-corrected chi connectivity index (χ3v) is 4.11. The zero-order valence-electron chi connectivity index (χ0n) is 13.3. The van der Waals surface area contributed by atoms with Crippen LogP contribution in [0.15, 0.2) is 42.5 Å². The predicted octanol–water partition coefficient (Wildman–Crippen LogP) is 2.06. The molecule has 0 radical (unpaired) electrons. The van der Waals surface area contributed by atoms with Crippen LogP contribution in [0.4, 0.5) is 5.69 Å². The van der Waals surface area contributed by atoms with Gasteiger partial charge in [-0.05, 0) is 47.5 Å². The van der Waals surface area contributed by atoms with Gasteiger partial charge >= 0.3 is 11.8 Å². The maximum absolute atomic E-state index is 11.9. The van der Waals surface area contributed by atoms with Gasteiger partial charge in [-0.25, -0.2) is 0 Å². The van der Waals surface area contributed by atoms with E-state index in [0.717, 1.165) is 17.7 Å². The van der Waals surface area contributed by atoms with Gasteiger partial charge in [0.1, 0.15) is 5.75 Å². The predicted molar refractivity (Wildman–Crippen MR) is 93.7 cm³/mol. The maximum atomic E-state index is 11.9. The molecule has 0 spiro atoms. The van der Waals surface area contributed by atoms with E-state index in [9.17, 15) is 14.7 Å². The van der Waals surface area contributed by atoms with Crippen molar-refractivity contribution in [2.75, 3.05) is 18.5 Å². The van der Waals surface area contributed by atoms with Gasteiger partial charge in [0.15, 0.2) is 0 Å². The van der Waals surface area contributed by atoms with Crippen molar-refractivity contribution >= 4 is 29.1 Å². The third kappa shape index (κ3) is 4.29. The first-order valence-electron chi connectivity index (χ1n) is 7.81. The molecule has 0 saturated carbocycles. The normalized spacial score (nSPS) is 13.5. The van der Waals surface area contributed by atoms with Gasteiger partial charge in [0.2, 0.25) is 0 Å². The number of nitrogens with one attached hydrogen (secondary N) is 2. The summed E-state index contributed by atoms with van der Waals surface area (Å²) in [6, 6.07) is 11.8. The summed E-state index contributed by atoms with van der Waals surface area (Å²) >= 11 is 5.76. The van der Waals surface area contributed by atoms with Crippen LogP contribution in [0.5, 0.6) is 5.75 Å². The Bertz CT molecular complexity index is 792. The van der Waals surface area contributed by atoms with E-state index in [1.165, 1.54) is 0 Å². The SMILES string of the molecule is O=C(NCC(O)c1ccc2c(c1)CCO2)C(=O)Nc1ccc(Cl)cc1. The van der Waals surface area contributed by atoms with Crippen LogP contribution >= 0.6 is 11.6 Å². The lowest BCUT2D eigenvalue weighted by Gasteiger charge is -2.13. The molecule has 0 bridgehead atoms. The Labute approximate surface area is 149 Å². The molecule has 0 aliphatic carbocycles. The van der Waals surface area contributed by atoms with Crippen molar-refractivity contribution in [2.24, 2.45) is 0 Å². The van der Waals surface area contributed by atoms with Gasteiger partial charge in [-0.15, -0.1) is 0 Å². The van der Waals surface area contributed by atoms with Crippen LogP contribution in [0.3, 0.4) is 0 Å². The summed E-state index contributed by atoms with van der Waals surface area (Å²) in [5.41, 5.74) is 2.16. The van der Waals surface area contributed by atoms with Gasteiger partial charge in [-0.3, -0.25) is 9.59 Å². The Hall–Kier alpha value is -2.57. The molecule has 3 N–H and O–H groups in total. The first-order valence-corrected chi connectivity index (χ1v) is 8.19. The number of aliphatic hydroxyl groups is 1. The minimum atomic E-state index is -0.904. The fraction of sp³-hybridized carbons (Fsp3) is 0.222. The highest BCUT2D eigenvalue weighted by atomic mass is 35.5. The van der Waals surface area contributed by atoms with E-state index >= 15 is 0 Å². The molecule has 2 amide bonds. The van der Waals surface area contributed by atoms with Gasteiger partial charge in [-0.1, -0.05) is 17.7 Å². The minimum absolute atomic E-state index is 0.0630. The third-order valence-electron chi connectivity index (χ3n) is 3.86. The molecule has 2 aromatic rings. The first-order chi connectivity index (χ1) is 12.0. The van der Waals surface area contributed by atoms with Crippen LogP contribution in [-0.2, 0) is 16.0 Å². The van der Waals surface area contributed by atoms with E-state index in [2.05, 4.69) is 10.6 Å². The van der Waals surface area contributed by atoms with Crippen LogP contribution in [-0.4, -0.2) is 30.1 Å². The lowest BCUT2D eigenvalue weighted by Crippen LogP contribution is -2.37. The van der Waals surface area contributed by atoms with Gasteiger partial charge in [-0.2, -0.15) is 0 Å². The number of halogens is 1. The summed E-state index contributed by atoms with van der Waals surface area (Å²) in [6.45, 7) is 0.572. The summed E-state index contributed by atoms with van der Waals surface area (Å²) in [7, 11) is 0. The van der Waals surface area contributed by atoms with Crippen LogP contribution in [0, 0.1) is 0 Å². The van der Waals surface area contributed by atoms with E-state index in [1.807, 2.05) is 6.07 Å². The molecule has 1 unspecified atom stereocenters. The Kier molecular flexibility index (Phi) is 5.21. The van der Waals surface area contributed by atoms with E-state index in [4.69, 9.17) is 16.3 Å². The Balaban J connectivity index is 1.52. The lowest BCUT2D eigenvalue weighted by atomic mass is 10.0. The molecule has 1 aliphatic heterocycles. The molecule has 2 aromatic carbocycles. The van der Waals surface area contributed by atoms with Crippen molar-refractivity contribution in [2.45, 2.75) is 12.5 Å². The second kappa shape index (κ2) is 7.55. The molecule has 6 nitrogen and oxygen atoms in total. The van der Waals surface area contributed by atoms with E-state index in [1.54, 1.807) is 36.4 Å². The average Bonchev–Trinajstić information content (AvgIpc) is 3.08. The van der Waals surface area contributed by atoms with E-state index < -0.39 is 17.9 Å². The zero-order chi connectivity index (χ0) is 17.8. The summed E-state index contributed by atoms with van der Waals surface area (Å²) in [4.78, 5) is 23.7. The van der Waals surface area contributed by atoms with Crippen LogP contribution in [0.1, 0.15) is 17.2 Å². The number of rotatable bonds is 4. The highest BCUT2D eigenvalue weighted by molar-refractivity contribution is 6.39. The topological polar surface area (TPSA) is 87.7 Å². The van der Waals surface area contributed by atoms with Gasteiger partial charge < -0.3 is 20.5 Å². The summed E-state index contributed by atoms with van der Waals surface area (Å²) < 4.78 is 5.41. The number of hydrogen-bond acceptors (Lipinski definition) is 4. The second-order valence-corrected chi connectivity index (χ2v) is 6.09. The lowest BCUT2D eigenvalue weighted by molar-refractivity contribution is -0.136. The molecule has 0 fully saturated rings. The fourth-order valence-corrected chi connectivity index (χ4v) is 2.65. The highest BCUT2D eigenvalue weighted by Gasteiger charge is 2.18. The number of fused-ring (bicyclic) bond motifs is 1. The van der Waals surface area contributed by atoms with E-state index in [0.29, 0.717) is 22.9 Å². The monoisotopic (exact) mass is 360 g/mol. The molecule has 130 valence electrons. The molecule has 3 rings (SSSR count). The number of anilines is 1. The molecule has 25 heavy (non-hydrogen) atoms. The fourth-order valence-electron chi connectivity index (χ4n) is 2.52. The maximum Gasteiger partial charge on any atom is 0.313 e. The smallest absolute Gasteiger partial charge is 0.313 e. The zero-order valence-corrected chi connectivity index (χ0v) is 14.0. The molecule has 0 aromatic heterocycles. The van der Waals surface area contributed by atoms with Crippen LogP contribution in [0.2, 0.25) is 5.02 Å². The number of amides is 2. The molecule has 1 heterocycles. The van der Waals surface area contributed by atoms with Crippen molar-refractivity contribution in [3.63, 3.8) is 0 Å². The number of carbonyl (C=O) groups is 2. The summed E-state index contributed by atoms with van der Waals surface area (Å²) in [5, 5.41) is 15.6. The number of benzene rings is 2.